The normalized spacial score (nSPS) is 11.0. The number of hydrogen-bond donors (Lipinski definition) is 0. The summed E-state index contributed by atoms with van der Waals surface area (Å²) in [4.78, 5) is 13.9. The van der Waals surface area contributed by atoms with Crippen LogP contribution in [0.1, 0.15) is 0 Å². The van der Waals surface area contributed by atoms with Gasteiger partial charge in [0.25, 0.3) is 0 Å². The Bertz CT molecular complexity index is 7240. The highest BCUT2D eigenvalue weighted by Gasteiger charge is 2.22. The van der Waals surface area contributed by atoms with Gasteiger partial charge in [0, 0.05) is 111 Å². The lowest BCUT2D eigenvalue weighted by atomic mass is 10.0. The van der Waals surface area contributed by atoms with Crippen molar-refractivity contribution in [1.82, 2.24) is 0 Å². The second-order valence-electron chi connectivity index (χ2n) is 31.4. The molecule has 0 N–H and O–H groups in total. The first-order valence-electron chi connectivity index (χ1n) is 42.7. The van der Waals surface area contributed by atoms with Gasteiger partial charge in [0.2, 0.25) is 0 Å². The predicted octanol–water partition coefficient (Wildman–Crippen LogP) is 33.2. The lowest BCUT2D eigenvalue weighted by molar-refractivity contribution is 1.20. The van der Waals surface area contributed by atoms with Crippen molar-refractivity contribution in [3.05, 3.63) is 504 Å². The highest BCUT2D eigenvalue weighted by atomic mass is 15.2. The third-order valence-electron chi connectivity index (χ3n) is 23.8. The summed E-state index contributed by atoms with van der Waals surface area (Å²) < 4.78 is 0. The third kappa shape index (κ3) is 17.1. The molecule has 0 radical (unpaired) electrons. The molecule has 21 aromatic carbocycles. The van der Waals surface area contributed by atoms with Crippen LogP contribution in [-0.2, 0) is 0 Å². The molecule has 6 heteroatoms. The molecule has 0 aliphatic rings. The zero-order valence-electron chi connectivity index (χ0n) is 70.1. The first-order valence-corrected chi connectivity index (χ1v) is 42.7. The lowest BCUT2D eigenvalue weighted by Crippen LogP contribution is -2.12. The second kappa shape index (κ2) is 36.3. The maximum Gasteiger partial charge on any atom is 0.0540 e. The largest absolute Gasteiger partial charge is 0.345 e. The molecule has 0 heterocycles. The van der Waals surface area contributed by atoms with Gasteiger partial charge in [0.05, 0.1) is 17.1 Å². The maximum absolute atomic E-state index is 2.37. The van der Waals surface area contributed by atoms with Crippen molar-refractivity contribution in [2.75, 3.05) is 50.5 Å². The lowest BCUT2D eigenvalue weighted by Gasteiger charge is -2.28. The van der Waals surface area contributed by atoms with E-state index in [2.05, 4.69) is 554 Å². The van der Waals surface area contributed by atoms with Crippen LogP contribution >= 0.6 is 0 Å². The van der Waals surface area contributed by atoms with E-state index in [0.29, 0.717) is 0 Å². The van der Waals surface area contributed by atoms with Gasteiger partial charge in [-0.05, 0) is 235 Å². The minimum Gasteiger partial charge on any atom is -0.345 e. The average Bonchev–Trinajstić information content (AvgIpc) is 0.779. The molecule has 0 fully saturated rings. The van der Waals surface area contributed by atoms with Crippen LogP contribution in [0.5, 0.6) is 0 Å². The van der Waals surface area contributed by atoms with E-state index in [1.807, 2.05) is 0 Å². The molecule has 0 saturated carbocycles. The highest BCUT2D eigenvalue weighted by Crippen LogP contribution is 2.46. The van der Waals surface area contributed by atoms with Crippen LogP contribution in [0, 0.1) is 0 Å². The third-order valence-corrected chi connectivity index (χ3v) is 23.8. The minimum absolute atomic E-state index is 1.11. The van der Waals surface area contributed by atoms with Crippen LogP contribution in [0.15, 0.2) is 504 Å². The molecule has 0 saturated heterocycles. The number of fused-ring (bicyclic) bond motifs is 5. The summed E-state index contributed by atoms with van der Waals surface area (Å²) in [6.07, 6.45) is 0. The SMILES string of the molecule is CN(c1ccc(-c2ccccc2)cc1)c1ccc(N(c2cccc(-c3ccccc3)c2)c2cccc3ccccc23)cc1.CN(c1ccc(N(c2cccc(-c3ccccc3)c2)c2cccc3ccccc23)cc1)c1ccc2ccccc2c1.CN(c1ccc(N(c2cccc(-c3ccccc3)c2)c2cccc3ccccc23)cc1)c1cccc2ccccc12. The molecule has 0 spiro atoms. The second-order valence-corrected chi connectivity index (χ2v) is 31.4. The van der Waals surface area contributed by atoms with Crippen LogP contribution in [0.25, 0.3) is 98.4 Å². The molecule has 125 heavy (non-hydrogen) atoms. The average molecular weight is 1610 g/mol. The fourth-order valence-corrected chi connectivity index (χ4v) is 17.2. The van der Waals surface area contributed by atoms with E-state index in [9.17, 15) is 0 Å². The molecule has 0 atom stereocenters. The Labute approximate surface area is 732 Å². The van der Waals surface area contributed by atoms with Crippen molar-refractivity contribution in [3.8, 4) is 44.5 Å². The zero-order valence-corrected chi connectivity index (χ0v) is 70.1. The van der Waals surface area contributed by atoms with Gasteiger partial charge < -0.3 is 29.4 Å². The van der Waals surface area contributed by atoms with Crippen LogP contribution in [0.4, 0.5) is 85.3 Å². The van der Waals surface area contributed by atoms with Crippen molar-refractivity contribution in [2.24, 2.45) is 0 Å². The molecular weight excluding hydrogens is 1510 g/mol. The minimum atomic E-state index is 1.11. The Morgan fingerprint density at radius 1 is 0.120 bits per heavy atom. The molecule has 0 aliphatic heterocycles. The van der Waals surface area contributed by atoms with Crippen LogP contribution in [0.3, 0.4) is 0 Å². The summed E-state index contributed by atoms with van der Waals surface area (Å²) in [7, 11) is 6.39. The monoisotopic (exact) mass is 1600 g/mol. The fourth-order valence-electron chi connectivity index (χ4n) is 17.2. The quantitative estimate of drug-likeness (QED) is 0.0798. The first kappa shape index (κ1) is 78.6. The summed E-state index contributed by atoms with van der Waals surface area (Å²) >= 11 is 0. The molecule has 0 aromatic heterocycles. The molecule has 21 rings (SSSR count). The van der Waals surface area contributed by atoms with Gasteiger partial charge in [-0.3, -0.25) is 0 Å². The van der Waals surface area contributed by atoms with Crippen LogP contribution in [-0.4, -0.2) is 21.1 Å². The Morgan fingerprint density at radius 2 is 0.344 bits per heavy atom. The molecule has 598 valence electrons. The standard InChI is InChI=1S/C41H32N2.2C39H30N2/c1-42(36-24-22-33(23-25-36)31-12-4-2-5-13-31)37-26-28-38(29-27-37)43(41-21-11-17-34-16-8-9-20-40(34)41)39-19-10-18-35(30-39)32-14-6-3-7-15-32;1-40(38-22-10-16-30-14-5-7-20-36(30)38)33-24-26-34(27-25-33)41(39-23-11-17-31-15-6-8-21-37(31)39)35-19-9-18-32(28-35)29-12-3-2-4-13-29;1-40(36-22-21-30-13-5-6-15-32(30)27-36)34-23-25-35(26-24-34)41(39-20-10-16-31-14-7-8-19-38(31)39)37-18-9-17-33(28-37)29-11-3-2-4-12-29/h2-30H,1H3;2*2-28H,1H3. The fraction of sp³-hybridized carbons (Fsp3) is 0.0252. The topological polar surface area (TPSA) is 19.4 Å². The smallest absolute Gasteiger partial charge is 0.0540 e. The van der Waals surface area contributed by atoms with Crippen LogP contribution in [0.2, 0.25) is 0 Å². The van der Waals surface area contributed by atoms with Crippen molar-refractivity contribution in [1.29, 1.82) is 0 Å². The Morgan fingerprint density at radius 3 is 0.696 bits per heavy atom. The van der Waals surface area contributed by atoms with Gasteiger partial charge in [0.1, 0.15) is 0 Å². The van der Waals surface area contributed by atoms with Crippen molar-refractivity contribution in [2.45, 2.75) is 0 Å². The van der Waals surface area contributed by atoms with E-state index in [-0.39, 0.29) is 0 Å². The number of benzene rings is 21. The first-order chi connectivity index (χ1) is 61.7. The van der Waals surface area contributed by atoms with Crippen LogP contribution < -0.4 is 29.4 Å². The van der Waals surface area contributed by atoms with Gasteiger partial charge >= 0.3 is 0 Å². The number of anilines is 15. The Balaban J connectivity index is 0.000000123. The predicted molar refractivity (Wildman–Crippen MR) is 536 cm³/mol. The molecule has 0 amide bonds. The van der Waals surface area contributed by atoms with Crippen molar-refractivity contribution < 1.29 is 0 Å². The number of nitrogens with zero attached hydrogens (tertiary/aromatic N) is 6. The van der Waals surface area contributed by atoms with Crippen molar-refractivity contribution >= 4 is 139 Å². The summed E-state index contributed by atoms with van der Waals surface area (Å²) in [6, 6.07) is 180. The number of rotatable bonds is 19. The molecule has 0 bridgehead atoms. The van der Waals surface area contributed by atoms with Gasteiger partial charge in [-0.2, -0.15) is 0 Å². The zero-order chi connectivity index (χ0) is 84.2. The molecule has 6 nitrogen and oxygen atoms in total. The summed E-state index contributed by atoms with van der Waals surface area (Å²) in [5, 5.41) is 12.3. The van der Waals surface area contributed by atoms with Gasteiger partial charge in [-0.1, -0.05) is 346 Å². The van der Waals surface area contributed by atoms with Gasteiger partial charge in [-0.25, -0.2) is 0 Å². The van der Waals surface area contributed by atoms with Gasteiger partial charge in [-0.15, -0.1) is 0 Å². The molecule has 0 aliphatic carbocycles. The summed E-state index contributed by atoms with van der Waals surface area (Å²) in [5.74, 6) is 0. The summed E-state index contributed by atoms with van der Waals surface area (Å²) in [6.45, 7) is 0. The Hall–Kier alpha value is -16.3. The number of hydrogen-bond acceptors (Lipinski definition) is 6. The molecule has 21 aromatic rings. The van der Waals surface area contributed by atoms with Crippen molar-refractivity contribution in [3.63, 3.8) is 0 Å². The maximum atomic E-state index is 2.37. The highest BCUT2D eigenvalue weighted by molar-refractivity contribution is 6.03. The van der Waals surface area contributed by atoms with E-state index in [1.54, 1.807) is 0 Å². The summed E-state index contributed by atoms with van der Waals surface area (Å²) in [5.41, 5.74) is 26.7. The molecule has 0 unspecified atom stereocenters. The van der Waals surface area contributed by atoms with E-state index in [4.69, 9.17) is 0 Å². The Kier molecular flexibility index (Phi) is 22.8. The van der Waals surface area contributed by atoms with Gasteiger partial charge in [0.15, 0.2) is 0 Å². The van der Waals surface area contributed by atoms with E-state index in [0.717, 1.165) is 79.6 Å². The van der Waals surface area contributed by atoms with E-state index >= 15 is 0 Å². The van der Waals surface area contributed by atoms with E-state index < -0.39 is 0 Å². The van der Waals surface area contributed by atoms with E-state index in [1.165, 1.54) is 104 Å². The molecular formula is C119H92N6.